The first-order valence-corrected chi connectivity index (χ1v) is 6.11. The van der Waals surface area contributed by atoms with E-state index in [1.807, 2.05) is 12.3 Å². The highest BCUT2D eigenvalue weighted by Crippen LogP contribution is 1.94. The zero-order chi connectivity index (χ0) is 11.5. The number of aromatic nitrogens is 1. The molecule has 0 aliphatic heterocycles. The van der Waals surface area contributed by atoms with Gasteiger partial charge in [-0.15, -0.1) is 12.4 Å². The van der Waals surface area contributed by atoms with Gasteiger partial charge >= 0.3 is 0 Å². The number of halogens is 1. The van der Waals surface area contributed by atoms with E-state index in [1.54, 1.807) is 6.20 Å². The largest absolute Gasteiger partial charge is 0.381 e. The maximum absolute atomic E-state index is 5.47. The van der Waals surface area contributed by atoms with Crippen molar-refractivity contribution in [3.05, 3.63) is 30.1 Å². The van der Waals surface area contributed by atoms with Crippen LogP contribution in [0.25, 0.3) is 0 Å². The van der Waals surface area contributed by atoms with E-state index in [-0.39, 0.29) is 12.4 Å². The third kappa shape index (κ3) is 9.10. The number of nitrogens with one attached hydrogen (secondary N) is 1. The maximum atomic E-state index is 5.47. The van der Waals surface area contributed by atoms with Gasteiger partial charge in [0.25, 0.3) is 0 Å². The Balaban J connectivity index is 0.00000256. The summed E-state index contributed by atoms with van der Waals surface area (Å²) in [5, 5.41) is 3.37. The molecule has 1 N–H and O–H groups in total. The molecule has 1 aromatic rings. The highest BCUT2D eigenvalue weighted by Gasteiger charge is 1.92. The third-order valence-corrected chi connectivity index (χ3v) is 2.34. The minimum Gasteiger partial charge on any atom is -0.381 e. The van der Waals surface area contributed by atoms with Crippen LogP contribution in [-0.4, -0.2) is 24.7 Å². The van der Waals surface area contributed by atoms with Crippen LogP contribution in [0.4, 0.5) is 0 Å². The summed E-state index contributed by atoms with van der Waals surface area (Å²) < 4.78 is 5.47. The molecule has 0 spiro atoms. The van der Waals surface area contributed by atoms with Crippen molar-refractivity contribution >= 4 is 12.4 Å². The lowest BCUT2D eigenvalue weighted by atomic mass is 10.3. The molecule has 0 saturated carbocycles. The monoisotopic (exact) mass is 258 g/mol. The van der Waals surface area contributed by atoms with Crippen LogP contribution in [0.15, 0.2) is 24.5 Å². The number of rotatable bonds is 9. The molecule has 98 valence electrons. The Bertz CT molecular complexity index is 257. The molecule has 0 fully saturated rings. The molecule has 3 nitrogen and oxygen atoms in total. The second-order valence-electron chi connectivity index (χ2n) is 3.86. The summed E-state index contributed by atoms with van der Waals surface area (Å²) in [5.74, 6) is 0. The first-order chi connectivity index (χ1) is 7.93. The van der Waals surface area contributed by atoms with E-state index in [4.69, 9.17) is 4.74 Å². The Labute approximate surface area is 110 Å². The Kier molecular flexibility index (Phi) is 11.4. The van der Waals surface area contributed by atoms with Gasteiger partial charge in [-0.1, -0.05) is 19.4 Å². The van der Waals surface area contributed by atoms with Crippen LogP contribution in [0, 0.1) is 0 Å². The molecule has 0 radical (unpaired) electrons. The predicted octanol–water partition coefficient (Wildman–Crippen LogP) is 2.80. The van der Waals surface area contributed by atoms with Gasteiger partial charge in [-0.3, -0.25) is 4.98 Å². The molecule has 17 heavy (non-hydrogen) atoms. The smallest absolute Gasteiger partial charge is 0.0478 e. The molecule has 0 amide bonds. The molecule has 1 heterocycles. The average Bonchev–Trinajstić information content (AvgIpc) is 2.34. The number of nitrogens with zero attached hydrogens (tertiary/aromatic N) is 1. The van der Waals surface area contributed by atoms with E-state index in [2.05, 4.69) is 23.3 Å². The fourth-order valence-corrected chi connectivity index (χ4v) is 1.38. The quantitative estimate of drug-likeness (QED) is 0.692. The molecule has 0 unspecified atom stereocenters. The SMILES string of the molecule is CCCCOCCCNCc1cccnc1.Cl. The van der Waals surface area contributed by atoms with Crippen LogP contribution < -0.4 is 5.32 Å². The van der Waals surface area contributed by atoms with E-state index in [0.29, 0.717) is 0 Å². The summed E-state index contributed by atoms with van der Waals surface area (Å²) in [6.07, 6.45) is 7.14. The topological polar surface area (TPSA) is 34.1 Å². The maximum Gasteiger partial charge on any atom is 0.0478 e. The molecule has 1 rings (SSSR count). The van der Waals surface area contributed by atoms with Gasteiger partial charge in [-0.05, 0) is 31.0 Å². The van der Waals surface area contributed by atoms with E-state index >= 15 is 0 Å². The first-order valence-electron chi connectivity index (χ1n) is 6.11. The van der Waals surface area contributed by atoms with Crippen molar-refractivity contribution in [1.82, 2.24) is 10.3 Å². The van der Waals surface area contributed by atoms with Crippen LogP contribution in [-0.2, 0) is 11.3 Å². The summed E-state index contributed by atoms with van der Waals surface area (Å²) in [6, 6.07) is 4.04. The van der Waals surface area contributed by atoms with Gasteiger partial charge in [0.1, 0.15) is 0 Å². The Hall–Kier alpha value is -0.640. The number of pyridine rings is 1. The normalized spacial score (nSPS) is 9.94. The molecule has 4 heteroatoms. The number of ether oxygens (including phenoxy) is 1. The fourth-order valence-electron chi connectivity index (χ4n) is 1.38. The van der Waals surface area contributed by atoms with Crippen molar-refractivity contribution in [2.24, 2.45) is 0 Å². The second kappa shape index (κ2) is 11.8. The van der Waals surface area contributed by atoms with E-state index in [0.717, 1.165) is 32.7 Å². The van der Waals surface area contributed by atoms with Gasteiger partial charge in [0, 0.05) is 32.2 Å². The van der Waals surface area contributed by atoms with Crippen LogP contribution in [0.2, 0.25) is 0 Å². The van der Waals surface area contributed by atoms with Gasteiger partial charge < -0.3 is 10.1 Å². The third-order valence-electron chi connectivity index (χ3n) is 2.34. The lowest BCUT2D eigenvalue weighted by Crippen LogP contribution is -2.16. The van der Waals surface area contributed by atoms with E-state index in [1.165, 1.54) is 18.4 Å². The summed E-state index contributed by atoms with van der Waals surface area (Å²) >= 11 is 0. The standard InChI is InChI=1S/C13H22N2O.ClH/c1-2-3-9-16-10-5-8-15-12-13-6-4-7-14-11-13;/h4,6-7,11,15H,2-3,5,8-10,12H2,1H3;1H. The van der Waals surface area contributed by atoms with Gasteiger partial charge in [-0.25, -0.2) is 0 Å². The van der Waals surface area contributed by atoms with Gasteiger partial charge in [0.15, 0.2) is 0 Å². The molecular weight excluding hydrogens is 236 g/mol. The zero-order valence-corrected chi connectivity index (χ0v) is 11.3. The highest BCUT2D eigenvalue weighted by atomic mass is 35.5. The average molecular weight is 259 g/mol. The van der Waals surface area contributed by atoms with Crippen LogP contribution in [0.3, 0.4) is 0 Å². The number of hydrogen-bond acceptors (Lipinski definition) is 3. The second-order valence-corrected chi connectivity index (χ2v) is 3.86. The molecule has 0 bridgehead atoms. The van der Waals surface area contributed by atoms with Gasteiger partial charge in [0.05, 0.1) is 0 Å². The summed E-state index contributed by atoms with van der Waals surface area (Å²) in [7, 11) is 0. The number of hydrogen-bond donors (Lipinski definition) is 1. The Morgan fingerprint density at radius 1 is 1.29 bits per heavy atom. The zero-order valence-electron chi connectivity index (χ0n) is 10.5. The lowest BCUT2D eigenvalue weighted by molar-refractivity contribution is 0.129. The molecule has 0 aliphatic carbocycles. The first kappa shape index (κ1) is 16.4. The Morgan fingerprint density at radius 2 is 2.12 bits per heavy atom. The molecule has 1 aromatic heterocycles. The number of unbranched alkanes of at least 4 members (excludes halogenated alkanes) is 1. The van der Waals surface area contributed by atoms with Crippen molar-refractivity contribution in [2.75, 3.05) is 19.8 Å². The van der Waals surface area contributed by atoms with Crippen molar-refractivity contribution < 1.29 is 4.74 Å². The van der Waals surface area contributed by atoms with Gasteiger partial charge in [-0.2, -0.15) is 0 Å². The minimum absolute atomic E-state index is 0. The van der Waals surface area contributed by atoms with Crippen LogP contribution >= 0.6 is 12.4 Å². The molecule has 0 aromatic carbocycles. The van der Waals surface area contributed by atoms with Crippen molar-refractivity contribution in [3.8, 4) is 0 Å². The van der Waals surface area contributed by atoms with Gasteiger partial charge in [0.2, 0.25) is 0 Å². The summed E-state index contributed by atoms with van der Waals surface area (Å²) in [6.45, 7) is 5.84. The van der Waals surface area contributed by atoms with Crippen molar-refractivity contribution in [3.63, 3.8) is 0 Å². The molecular formula is C13H23ClN2O. The van der Waals surface area contributed by atoms with E-state index < -0.39 is 0 Å². The van der Waals surface area contributed by atoms with Crippen LogP contribution in [0.5, 0.6) is 0 Å². The molecule has 0 saturated heterocycles. The predicted molar refractivity (Wildman–Crippen MR) is 73.5 cm³/mol. The molecule has 0 aliphatic rings. The molecule has 0 atom stereocenters. The Morgan fingerprint density at radius 3 is 2.82 bits per heavy atom. The lowest BCUT2D eigenvalue weighted by Gasteiger charge is -2.05. The van der Waals surface area contributed by atoms with Crippen molar-refractivity contribution in [1.29, 1.82) is 0 Å². The van der Waals surface area contributed by atoms with Crippen molar-refractivity contribution in [2.45, 2.75) is 32.7 Å². The minimum atomic E-state index is 0. The fraction of sp³-hybridized carbons (Fsp3) is 0.615. The summed E-state index contributed by atoms with van der Waals surface area (Å²) in [5.41, 5.74) is 1.23. The summed E-state index contributed by atoms with van der Waals surface area (Å²) in [4.78, 5) is 4.07. The van der Waals surface area contributed by atoms with E-state index in [9.17, 15) is 0 Å². The van der Waals surface area contributed by atoms with Crippen LogP contribution in [0.1, 0.15) is 31.7 Å². The highest BCUT2D eigenvalue weighted by molar-refractivity contribution is 5.85.